The fourth-order valence-corrected chi connectivity index (χ4v) is 2.08. The average Bonchev–Trinajstić information content (AvgIpc) is 2.78. The van der Waals surface area contributed by atoms with Crippen molar-refractivity contribution in [1.29, 1.82) is 0 Å². The third-order valence-corrected chi connectivity index (χ3v) is 2.85. The summed E-state index contributed by atoms with van der Waals surface area (Å²) in [6, 6.07) is 3.01. The Hall–Kier alpha value is -1.75. The van der Waals surface area contributed by atoms with Gasteiger partial charge in [0.2, 0.25) is 0 Å². The van der Waals surface area contributed by atoms with E-state index in [2.05, 4.69) is 9.97 Å². The molecule has 0 saturated heterocycles. The van der Waals surface area contributed by atoms with Gasteiger partial charge in [-0.3, -0.25) is 9.38 Å². The monoisotopic (exact) mass is 219 g/mol. The van der Waals surface area contributed by atoms with Gasteiger partial charge >= 0.3 is 0 Å². The number of hydrogen-bond donors (Lipinski definition) is 0. The number of aromatic nitrogens is 3. The molecule has 0 aliphatic rings. The molecule has 15 heavy (non-hydrogen) atoms. The lowest BCUT2D eigenvalue weighted by Gasteiger charge is -1.93. The highest BCUT2D eigenvalue weighted by molar-refractivity contribution is 7.15. The number of halogens is 1. The minimum Gasteiger partial charge on any atom is -0.297 e. The first-order valence-corrected chi connectivity index (χ1v) is 5.25. The second kappa shape index (κ2) is 3.13. The molecule has 0 radical (unpaired) electrons. The van der Waals surface area contributed by atoms with Crippen LogP contribution in [-0.4, -0.2) is 14.4 Å². The van der Waals surface area contributed by atoms with Crippen LogP contribution in [0.15, 0.2) is 36.1 Å². The van der Waals surface area contributed by atoms with Gasteiger partial charge in [0.1, 0.15) is 11.5 Å². The summed E-state index contributed by atoms with van der Waals surface area (Å²) in [6.45, 7) is 0. The molecule has 3 nitrogen and oxygen atoms in total. The summed E-state index contributed by atoms with van der Waals surface area (Å²) in [4.78, 5) is 9.26. The van der Waals surface area contributed by atoms with Crippen LogP contribution < -0.4 is 0 Å². The van der Waals surface area contributed by atoms with E-state index < -0.39 is 0 Å². The molecule has 5 heteroatoms. The molecule has 0 unspecified atom stereocenters. The highest BCUT2D eigenvalue weighted by Gasteiger charge is 2.05. The largest absolute Gasteiger partial charge is 0.297 e. The Bertz CT molecular complexity index is 568. The Kier molecular flexibility index (Phi) is 1.78. The number of pyridine rings is 1. The molecular weight excluding hydrogens is 213 g/mol. The van der Waals surface area contributed by atoms with Crippen LogP contribution >= 0.6 is 11.3 Å². The predicted molar refractivity (Wildman–Crippen MR) is 56.3 cm³/mol. The average molecular weight is 219 g/mol. The summed E-state index contributed by atoms with van der Waals surface area (Å²) < 4.78 is 14.6. The van der Waals surface area contributed by atoms with E-state index in [0.717, 1.165) is 10.7 Å². The van der Waals surface area contributed by atoms with Crippen molar-refractivity contribution in [3.8, 4) is 11.4 Å². The number of fused-ring (bicyclic) bond motifs is 1. The van der Waals surface area contributed by atoms with Crippen LogP contribution in [-0.2, 0) is 0 Å². The van der Waals surface area contributed by atoms with E-state index in [1.807, 2.05) is 22.2 Å². The number of nitrogens with zero attached hydrogens (tertiary/aromatic N) is 3. The van der Waals surface area contributed by atoms with Gasteiger partial charge in [-0.1, -0.05) is 0 Å². The molecule has 3 aromatic rings. The number of rotatable bonds is 1. The van der Waals surface area contributed by atoms with Crippen molar-refractivity contribution < 1.29 is 4.39 Å². The van der Waals surface area contributed by atoms with Crippen LogP contribution in [0.4, 0.5) is 4.39 Å². The van der Waals surface area contributed by atoms with E-state index in [4.69, 9.17) is 0 Å². The first kappa shape index (κ1) is 8.55. The normalized spacial score (nSPS) is 11.0. The van der Waals surface area contributed by atoms with E-state index in [1.54, 1.807) is 17.4 Å². The van der Waals surface area contributed by atoms with Crippen LogP contribution in [0.2, 0.25) is 0 Å². The van der Waals surface area contributed by atoms with Crippen molar-refractivity contribution in [3.05, 3.63) is 41.9 Å². The van der Waals surface area contributed by atoms with Crippen molar-refractivity contribution in [2.75, 3.05) is 0 Å². The summed E-state index contributed by atoms with van der Waals surface area (Å²) in [7, 11) is 0. The SMILES string of the molecule is Fc1ccc(-c2cn3ccsc3n2)nc1. The maximum Gasteiger partial charge on any atom is 0.194 e. The Labute approximate surface area is 88.9 Å². The minimum atomic E-state index is -0.334. The Morgan fingerprint density at radius 2 is 2.20 bits per heavy atom. The van der Waals surface area contributed by atoms with Crippen molar-refractivity contribution in [2.24, 2.45) is 0 Å². The summed E-state index contributed by atoms with van der Waals surface area (Å²) in [5, 5.41) is 1.96. The molecule has 0 bridgehead atoms. The fourth-order valence-electron chi connectivity index (χ4n) is 1.38. The van der Waals surface area contributed by atoms with Gasteiger partial charge in [-0.05, 0) is 12.1 Å². The van der Waals surface area contributed by atoms with Crippen molar-refractivity contribution in [2.45, 2.75) is 0 Å². The van der Waals surface area contributed by atoms with Gasteiger partial charge in [0.05, 0.1) is 11.9 Å². The lowest BCUT2D eigenvalue weighted by Crippen LogP contribution is -1.83. The smallest absolute Gasteiger partial charge is 0.194 e. The maximum absolute atomic E-state index is 12.7. The molecule has 0 N–H and O–H groups in total. The molecule has 3 rings (SSSR count). The first-order chi connectivity index (χ1) is 7.33. The lowest BCUT2D eigenvalue weighted by atomic mass is 10.3. The van der Waals surface area contributed by atoms with Crippen molar-refractivity contribution in [3.63, 3.8) is 0 Å². The summed E-state index contributed by atoms with van der Waals surface area (Å²) >= 11 is 1.56. The quantitative estimate of drug-likeness (QED) is 0.629. The van der Waals surface area contributed by atoms with Crippen LogP contribution in [0, 0.1) is 5.82 Å². The van der Waals surface area contributed by atoms with Crippen LogP contribution in [0.3, 0.4) is 0 Å². The van der Waals surface area contributed by atoms with E-state index in [9.17, 15) is 4.39 Å². The topological polar surface area (TPSA) is 30.2 Å². The summed E-state index contributed by atoms with van der Waals surface area (Å²) in [6.07, 6.45) is 5.01. The van der Waals surface area contributed by atoms with Gasteiger partial charge in [-0.25, -0.2) is 9.37 Å². The van der Waals surface area contributed by atoms with Crippen LogP contribution in [0.1, 0.15) is 0 Å². The number of imidazole rings is 1. The molecule has 0 aliphatic carbocycles. The zero-order chi connectivity index (χ0) is 10.3. The molecule has 0 amide bonds. The molecule has 74 valence electrons. The molecule has 0 fully saturated rings. The van der Waals surface area contributed by atoms with Gasteiger partial charge in [-0.15, -0.1) is 11.3 Å². The van der Waals surface area contributed by atoms with E-state index in [1.165, 1.54) is 12.3 Å². The molecule has 0 saturated carbocycles. The maximum atomic E-state index is 12.7. The lowest BCUT2D eigenvalue weighted by molar-refractivity contribution is 0.622. The summed E-state index contributed by atoms with van der Waals surface area (Å²) in [5.41, 5.74) is 1.45. The molecule has 3 aromatic heterocycles. The third kappa shape index (κ3) is 1.41. The zero-order valence-electron chi connectivity index (χ0n) is 7.59. The first-order valence-electron chi connectivity index (χ1n) is 4.37. The molecule has 0 spiro atoms. The van der Waals surface area contributed by atoms with Crippen LogP contribution in [0.25, 0.3) is 16.3 Å². The Morgan fingerprint density at radius 3 is 2.93 bits per heavy atom. The predicted octanol–water partition coefficient (Wildman–Crippen LogP) is 2.60. The second-order valence-electron chi connectivity index (χ2n) is 3.08. The second-order valence-corrected chi connectivity index (χ2v) is 3.95. The van der Waals surface area contributed by atoms with E-state index >= 15 is 0 Å². The van der Waals surface area contributed by atoms with Gasteiger partial charge in [-0.2, -0.15) is 0 Å². The minimum absolute atomic E-state index is 0.334. The van der Waals surface area contributed by atoms with Gasteiger partial charge in [0.25, 0.3) is 0 Å². The van der Waals surface area contributed by atoms with E-state index in [-0.39, 0.29) is 5.82 Å². The number of thiazole rings is 1. The summed E-state index contributed by atoms with van der Waals surface area (Å²) in [5.74, 6) is -0.334. The van der Waals surface area contributed by atoms with Gasteiger partial charge in [0, 0.05) is 17.8 Å². The van der Waals surface area contributed by atoms with Gasteiger partial charge < -0.3 is 0 Å². The molecule has 0 atom stereocenters. The third-order valence-electron chi connectivity index (χ3n) is 2.08. The highest BCUT2D eigenvalue weighted by atomic mass is 32.1. The van der Waals surface area contributed by atoms with Gasteiger partial charge in [0.15, 0.2) is 4.96 Å². The van der Waals surface area contributed by atoms with E-state index in [0.29, 0.717) is 5.69 Å². The Morgan fingerprint density at radius 1 is 1.27 bits per heavy atom. The standard InChI is InChI=1S/C10H6FN3S/c11-7-1-2-8(12-5-7)9-6-14-3-4-15-10(14)13-9/h1-6H. The zero-order valence-corrected chi connectivity index (χ0v) is 8.41. The number of hydrogen-bond acceptors (Lipinski definition) is 3. The van der Waals surface area contributed by atoms with Crippen LogP contribution in [0.5, 0.6) is 0 Å². The molecule has 0 aromatic carbocycles. The van der Waals surface area contributed by atoms with Crippen molar-refractivity contribution >= 4 is 16.3 Å². The fraction of sp³-hybridized carbons (Fsp3) is 0. The molecule has 3 heterocycles. The Balaban J connectivity index is 2.13. The van der Waals surface area contributed by atoms with Crippen molar-refractivity contribution in [1.82, 2.24) is 14.4 Å². The molecule has 0 aliphatic heterocycles. The molecular formula is C10H6FN3S. The highest BCUT2D eigenvalue weighted by Crippen LogP contribution is 2.19.